The number of sulfonamides is 1. The predicted molar refractivity (Wildman–Crippen MR) is 144 cm³/mol. The number of amidine groups is 1. The molecule has 220 valence electrons. The van der Waals surface area contributed by atoms with E-state index >= 15 is 0 Å². The lowest BCUT2D eigenvalue weighted by Gasteiger charge is -2.34. The zero-order valence-corrected chi connectivity index (χ0v) is 22.7. The molecule has 1 spiro atoms. The van der Waals surface area contributed by atoms with Gasteiger partial charge in [0.25, 0.3) is 5.91 Å². The fraction of sp³-hybridized carbons (Fsp3) is 0.407. The number of benzene rings is 2. The number of aliphatic hydroxyl groups is 2. The van der Waals surface area contributed by atoms with Crippen LogP contribution in [0.5, 0.6) is 5.75 Å². The molecule has 3 heterocycles. The second kappa shape index (κ2) is 11.1. The predicted octanol–water partition coefficient (Wildman–Crippen LogP) is 2.18. The van der Waals surface area contributed by atoms with Crippen LogP contribution in [0.1, 0.15) is 24.0 Å². The van der Waals surface area contributed by atoms with Crippen molar-refractivity contribution in [2.75, 3.05) is 25.4 Å². The van der Waals surface area contributed by atoms with E-state index in [4.69, 9.17) is 5.11 Å². The zero-order valence-electron chi connectivity index (χ0n) is 21.8. The van der Waals surface area contributed by atoms with Crippen LogP contribution in [0, 0.1) is 0 Å². The molecule has 5 rings (SSSR count). The number of piperidine rings is 1. The number of aliphatic imine (C=N–C) groups is 1. The fourth-order valence-corrected chi connectivity index (χ4v) is 6.68. The second-order valence-electron chi connectivity index (χ2n) is 10.2. The molecule has 0 radical (unpaired) electrons. The van der Waals surface area contributed by atoms with Gasteiger partial charge in [0.05, 0.1) is 25.0 Å². The Morgan fingerprint density at radius 2 is 1.88 bits per heavy atom. The van der Waals surface area contributed by atoms with E-state index in [1.165, 1.54) is 16.4 Å². The summed E-state index contributed by atoms with van der Waals surface area (Å²) in [5.74, 6) is -0.860. The van der Waals surface area contributed by atoms with E-state index in [2.05, 4.69) is 15.0 Å². The normalized spacial score (nSPS) is 18.5. The van der Waals surface area contributed by atoms with Crippen LogP contribution >= 0.6 is 0 Å². The molecule has 0 bridgehead atoms. The Balaban J connectivity index is 1.21. The van der Waals surface area contributed by atoms with Gasteiger partial charge in [-0.1, -0.05) is 18.2 Å². The van der Waals surface area contributed by atoms with Gasteiger partial charge in [-0.05, 0) is 60.5 Å². The summed E-state index contributed by atoms with van der Waals surface area (Å²) in [5, 5.41) is 22.3. The number of carbonyl (C=O) groups is 1. The Bertz CT molecular complexity index is 1580. The average molecular weight is 595 g/mol. The fourth-order valence-electron chi connectivity index (χ4n) is 5.19. The van der Waals surface area contributed by atoms with Crippen molar-refractivity contribution in [2.24, 2.45) is 4.99 Å². The number of rotatable bonds is 9. The number of aryl methyl sites for hydroxylation is 1. The lowest BCUT2D eigenvalue weighted by atomic mass is 9.89. The van der Waals surface area contributed by atoms with Gasteiger partial charge in [-0.2, -0.15) is 0 Å². The SMILES string of the molecule is O=C1NC(c2cccc(OC(F)(F)F)c2)=NC12CCN(S(=O)(=O)CCc1ccc3c(ccn3C[C@H](O)CO)c1)CC2. The van der Waals surface area contributed by atoms with E-state index in [0.29, 0.717) is 0 Å². The van der Waals surface area contributed by atoms with Gasteiger partial charge in [0.15, 0.2) is 0 Å². The van der Waals surface area contributed by atoms with Crippen molar-refractivity contribution in [1.29, 1.82) is 0 Å². The first-order valence-corrected chi connectivity index (χ1v) is 14.6. The number of amides is 1. The summed E-state index contributed by atoms with van der Waals surface area (Å²) < 4.78 is 71.2. The Labute approximate surface area is 234 Å². The molecule has 2 aliphatic rings. The quantitative estimate of drug-likeness (QED) is 0.348. The van der Waals surface area contributed by atoms with Crippen LogP contribution in [0.3, 0.4) is 0 Å². The molecule has 1 amide bonds. The van der Waals surface area contributed by atoms with Crippen LogP contribution in [0.25, 0.3) is 10.9 Å². The van der Waals surface area contributed by atoms with Crippen molar-refractivity contribution >= 4 is 32.7 Å². The summed E-state index contributed by atoms with van der Waals surface area (Å²) in [5.41, 5.74) is 0.754. The maximum Gasteiger partial charge on any atom is 0.573 e. The summed E-state index contributed by atoms with van der Waals surface area (Å²) in [6.07, 6.45) is -3.38. The van der Waals surface area contributed by atoms with Gasteiger partial charge in [-0.15, -0.1) is 13.2 Å². The van der Waals surface area contributed by atoms with Crippen molar-refractivity contribution in [3.63, 3.8) is 0 Å². The molecule has 14 heteroatoms. The van der Waals surface area contributed by atoms with E-state index in [-0.39, 0.29) is 62.7 Å². The third-order valence-electron chi connectivity index (χ3n) is 7.37. The molecule has 0 aliphatic carbocycles. The van der Waals surface area contributed by atoms with Crippen molar-refractivity contribution in [1.82, 2.24) is 14.2 Å². The molecule has 10 nitrogen and oxygen atoms in total. The standard InChI is InChI=1S/C27H29F3N4O6S/c28-27(29,30)40-22-3-1-2-20(15-22)24-31-25(37)26(32-24)8-11-34(12-9-26)41(38,39)13-7-18-4-5-23-19(14-18)6-10-33(23)16-21(36)17-35/h1-6,10,14-15,21,35-36H,7-9,11-13,16-17H2,(H,31,32,37)/t21-/m0/s1. The number of hydrogen-bond donors (Lipinski definition) is 3. The van der Waals surface area contributed by atoms with Gasteiger partial charge in [0, 0.05) is 30.4 Å². The minimum Gasteiger partial charge on any atom is -0.406 e. The molecule has 2 aliphatic heterocycles. The highest BCUT2D eigenvalue weighted by Crippen LogP contribution is 2.33. The molecule has 0 unspecified atom stereocenters. The third-order valence-corrected chi connectivity index (χ3v) is 9.24. The molecule has 1 atom stereocenters. The molecule has 3 N–H and O–H groups in total. The second-order valence-corrected chi connectivity index (χ2v) is 12.3. The maximum atomic E-state index is 13.1. The van der Waals surface area contributed by atoms with E-state index in [1.54, 1.807) is 6.20 Å². The molecule has 1 aromatic heterocycles. The van der Waals surface area contributed by atoms with Gasteiger partial charge in [-0.3, -0.25) is 9.79 Å². The monoisotopic (exact) mass is 594 g/mol. The van der Waals surface area contributed by atoms with E-state index in [9.17, 15) is 31.5 Å². The number of nitrogens with zero attached hydrogens (tertiary/aromatic N) is 3. The highest BCUT2D eigenvalue weighted by Gasteiger charge is 2.47. The van der Waals surface area contributed by atoms with Gasteiger partial charge in [0.2, 0.25) is 10.0 Å². The van der Waals surface area contributed by atoms with Crippen molar-refractivity contribution < 1.29 is 41.3 Å². The van der Waals surface area contributed by atoms with E-state index < -0.39 is 39.7 Å². The number of nitrogens with one attached hydrogen (secondary N) is 1. The summed E-state index contributed by atoms with van der Waals surface area (Å²) in [6, 6.07) is 12.6. The molecule has 1 saturated heterocycles. The maximum absolute atomic E-state index is 13.1. The molecule has 1 fully saturated rings. The highest BCUT2D eigenvalue weighted by molar-refractivity contribution is 7.89. The lowest BCUT2D eigenvalue weighted by Crippen LogP contribution is -2.50. The van der Waals surface area contributed by atoms with Crippen LogP contribution in [0.15, 0.2) is 59.7 Å². The van der Waals surface area contributed by atoms with Crippen LogP contribution in [0.4, 0.5) is 13.2 Å². The third kappa shape index (κ3) is 6.40. The van der Waals surface area contributed by atoms with Gasteiger partial charge >= 0.3 is 6.36 Å². The van der Waals surface area contributed by atoms with Gasteiger partial charge in [0.1, 0.15) is 17.1 Å². The van der Waals surface area contributed by atoms with Gasteiger partial charge < -0.3 is 24.8 Å². The number of fused-ring (bicyclic) bond motifs is 1. The molecular weight excluding hydrogens is 565 g/mol. The number of alkyl halides is 3. The van der Waals surface area contributed by atoms with Crippen molar-refractivity contribution in [3.05, 3.63) is 65.9 Å². The van der Waals surface area contributed by atoms with Crippen LogP contribution in [0.2, 0.25) is 0 Å². The van der Waals surface area contributed by atoms with E-state index in [1.807, 2.05) is 28.8 Å². The average Bonchev–Trinajstić information content (AvgIpc) is 3.47. The Morgan fingerprint density at radius 3 is 2.59 bits per heavy atom. The Hall–Kier alpha value is -3.46. The first-order valence-electron chi connectivity index (χ1n) is 13.0. The smallest absolute Gasteiger partial charge is 0.406 e. The molecule has 2 aromatic carbocycles. The van der Waals surface area contributed by atoms with Crippen LogP contribution in [-0.4, -0.2) is 82.7 Å². The molecule has 3 aromatic rings. The van der Waals surface area contributed by atoms with E-state index in [0.717, 1.165) is 28.6 Å². The number of carbonyl (C=O) groups excluding carboxylic acids is 1. The topological polar surface area (TPSA) is 133 Å². The molecule has 41 heavy (non-hydrogen) atoms. The number of hydrogen-bond acceptors (Lipinski definition) is 7. The number of aromatic nitrogens is 1. The first kappa shape index (κ1) is 29.0. The van der Waals surface area contributed by atoms with Gasteiger partial charge in [-0.25, -0.2) is 12.7 Å². The highest BCUT2D eigenvalue weighted by atomic mass is 32.2. The number of halogens is 3. The minimum absolute atomic E-state index is 0.0822. The van der Waals surface area contributed by atoms with Crippen molar-refractivity contribution in [2.45, 2.75) is 43.8 Å². The van der Waals surface area contributed by atoms with Crippen molar-refractivity contribution in [3.8, 4) is 5.75 Å². The summed E-state index contributed by atoms with van der Waals surface area (Å²) in [6.45, 7) is 0.0599. The first-order chi connectivity index (χ1) is 19.4. The number of ether oxygens (including phenoxy) is 1. The minimum atomic E-state index is -4.86. The summed E-state index contributed by atoms with van der Waals surface area (Å²) in [7, 11) is -3.64. The Morgan fingerprint density at radius 1 is 1.12 bits per heavy atom. The molecule has 0 saturated carbocycles. The lowest BCUT2D eigenvalue weighted by molar-refractivity contribution is -0.274. The largest absolute Gasteiger partial charge is 0.573 e. The van der Waals surface area contributed by atoms with Crippen LogP contribution in [-0.2, 0) is 27.8 Å². The van der Waals surface area contributed by atoms with Crippen LogP contribution < -0.4 is 10.1 Å². The number of aliphatic hydroxyl groups excluding tert-OH is 2. The zero-order chi connectivity index (χ0) is 29.4. The Kier molecular flexibility index (Phi) is 7.85. The molecular formula is C27H29F3N4O6S. The summed E-state index contributed by atoms with van der Waals surface area (Å²) >= 11 is 0. The summed E-state index contributed by atoms with van der Waals surface area (Å²) in [4.78, 5) is 17.4.